The number of likely N-dealkylation sites (tertiary alicyclic amines) is 1. The van der Waals surface area contributed by atoms with Gasteiger partial charge in [-0.15, -0.1) is 11.3 Å². The van der Waals surface area contributed by atoms with Gasteiger partial charge in [-0.25, -0.2) is 4.98 Å². The molecule has 168 valence electrons. The van der Waals surface area contributed by atoms with E-state index in [1.165, 1.54) is 11.3 Å². The van der Waals surface area contributed by atoms with Gasteiger partial charge in [-0.05, 0) is 56.9 Å². The van der Waals surface area contributed by atoms with Crippen LogP contribution in [0.1, 0.15) is 60.5 Å². The standard InChI is InChI=1S/C24H32N2O4S/c1-17-21(16-30-20-10-8-19(29-2)9-11-20)31-23(25-17)24(28)12-5-14-26(15-13-24)22(27)18-6-3-4-7-18/h8-11,18,28H,3-7,12-16H2,1-2H3/t24-/m1/s1. The van der Waals surface area contributed by atoms with Crippen molar-refractivity contribution in [2.45, 2.75) is 64.1 Å². The Bertz CT molecular complexity index is 891. The largest absolute Gasteiger partial charge is 0.497 e. The second-order valence-corrected chi connectivity index (χ2v) is 9.77. The first-order chi connectivity index (χ1) is 15.0. The lowest BCUT2D eigenvalue weighted by Gasteiger charge is -2.26. The van der Waals surface area contributed by atoms with Crippen molar-refractivity contribution in [1.82, 2.24) is 9.88 Å². The van der Waals surface area contributed by atoms with Crippen LogP contribution in [-0.4, -0.2) is 41.1 Å². The van der Waals surface area contributed by atoms with Gasteiger partial charge in [-0.3, -0.25) is 4.79 Å². The van der Waals surface area contributed by atoms with E-state index in [0.717, 1.165) is 65.7 Å². The van der Waals surface area contributed by atoms with Gasteiger partial charge in [0.1, 0.15) is 28.7 Å². The van der Waals surface area contributed by atoms with Gasteiger partial charge in [0.25, 0.3) is 0 Å². The molecule has 0 radical (unpaired) electrons. The Kier molecular flexibility index (Phi) is 6.82. The van der Waals surface area contributed by atoms with E-state index >= 15 is 0 Å². The van der Waals surface area contributed by atoms with Crippen molar-refractivity contribution in [2.24, 2.45) is 5.92 Å². The van der Waals surface area contributed by atoms with E-state index in [-0.39, 0.29) is 11.8 Å². The number of benzene rings is 1. The summed E-state index contributed by atoms with van der Waals surface area (Å²) in [5.74, 6) is 2.03. The van der Waals surface area contributed by atoms with Crippen LogP contribution in [0.5, 0.6) is 11.5 Å². The lowest BCUT2D eigenvalue weighted by atomic mass is 9.96. The fourth-order valence-corrected chi connectivity index (χ4v) is 5.69. The molecular formula is C24H32N2O4S. The molecule has 1 amide bonds. The van der Waals surface area contributed by atoms with Crippen LogP contribution >= 0.6 is 11.3 Å². The highest BCUT2D eigenvalue weighted by molar-refractivity contribution is 7.11. The Balaban J connectivity index is 1.39. The van der Waals surface area contributed by atoms with Gasteiger partial charge in [-0.2, -0.15) is 0 Å². The van der Waals surface area contributed by atoms with Crippen LogP contribution in [0.2, 0.25) is 0 Å². The van der Waals surface area contributed by atoms with Crippen LogP contribution in [0.3, 0.4) is 0 Å². The van der Waals surface area contributed by atoms with Crippen LogP contribution in [0, 0.1) is 12.8 Å². The number of carbonyl (C=O) groups is 1. The summed E-state index contributed by atoms with van der Waals surface area (Å²) in [5, 5.41) is 12.2. The molecule has 0 spiro atoms. The van der Waals surface area contributed by atoms with Crippen molar-refractivity contribution < 1.29 is 19.4 Å². The van der Waals surface area contributed by atoms with Crippen molar-refractivity contribution >= 4 is 17.2 Å². The van der Waals surface area contributed by atoms with Gasteiger partial charge >= 0.3 is 0 Å². The molecule has 7 heteroatoms. The van der Waals surface area contributed by atoms with E-state index in [1.807, 2.05) is 36.1 Å². The third kappa shape index (κ3) is 5.04. The molecule has 1 saturated carbocycles. The first-order valence-corrected chi connectivity index (χ1v) is 12.0. The van der Waals surface area contributed by atoms with E-state index in [4.69, 9.17) is 14.5 Å². The number of aryl methyl sites for hydroxylation is 1. The Labute approximate surface area is 188 Å². The predicted molar refractivity (Wildman–Crippen MR) is 120 cm³/mol. The highest BCUT2D eigenvalue weighted by Crippen LogP contribution is 2.37. The molecule has 0 unspecified atom stereocenters. The van der Waals surface area contributed by atoms with Crippen LogP contribution in [-0.2, 0) is 17.0 Å². The molecular weight excluding hydrogens is 412 g/mol. The number of thiazole rings is 1. The maximum Gasteiger partial charge on any atom is 0.225 e. The average molecular weight is 445 g/mol. The number of ether oxygens (including phenoxy) is 2. The number of hydrogen-bond donors (Lipinski definition) is 1. The highest BCUT2D eigenvalue weighted by atomic mass is 32.1. The number of carbonyl (C=O) groups excluding carboxylic acids is 1. The smallest absolute Gasteiger partial charge is 0.225 e. The van der Waals surface area contributed by atoms with Crippen LogP contribution in [0.4, 0.5) is 0 Å². The summed E-state index contributed by atoms with van der Waals surface area (Å²) in [6.45, 7) is 3.71. The van der Waals surface area contributed by atoms with Gasteiger partial charge in [0.2, 0.25) is 5.91 Å². The second kappa shape index (κ2) is 9.57. The molecule has 1 aromatic heterocycles. The van der Waals surface area contributed by atoms with Crippen LogP contribution in [0.25, 0.3) is 0 Å². The summed E-state index contributed by atoms with van der Waals surface area (Å²) in [4.78, 5) is 20.5. The summed E-state index contributed by atoms with van der Waals surface area (Å²) in [5.41, 5.74) is -0.0801. The normalized spacial score (nSPS) is 22.4. The number of amides is 1. The fraction of sp³-hybridized carbons (Fsp3) is 0.583. The van der Waals surface area contributed by atoms with Gasteiger partial charge in [0, 0.05) is 25.4 Å². The Hall–Kier alpha value is -2.12. The molecule has 4 rings (SSSR count). The van der Waals surface area contributed by atoms with E-state index in [1.54, 1.807) is 7.11 Å². The van der Waals surface area contributed by atoms with Crippen molar-refractivity contribution in [2.75, 3.05) is 20.2 Å². The first kappa shape index (κ1) is 22.1. The minimum absolute atomic E-state index is 0.190. The zero-order chi connectivity index (χ0) is 21.8. The molecule has 2 aliphatic rings. The van der Waals surface area contributed by atoms with Crippen molar-refractivity contribution in [3.05, 3.63) is 39.8 Å². The van der Waals surface area contributed by atoms with Crippen molar-refractivity contribution in [1.29, 1.82) is 0 Å². The molecule has 31 heavy (non-hydrogen) atoms. The second-order valence-electron chi connectivity index (χ2n) is 8.68. The first-order valence-electron chi connectivity index (χ1n) is 11.2. The molecule has 1 saturated heterocycles. The topological polar surface area (TPSA) is 71.9 Å². The fourth-order valence-electron chi connectivity index (χ4n) is 4.57. The van der Waals surface area contributed by atoms with Crippen molar-refractivity contribution in [3.63, 3.8) is 0 Å². The summed E-state index contributed by atoms with van der Waals surface area (Å²) in [7, 11) is 1.64. The van der Waals surface area contributed by atoms with Crippen LogP contribution in [0.15, 0.2) is 24.3 Å². The third-order valence-corrected chi connectivity index (χ3v) is 7.87. The molecule has 0 bridgehead atoms. The summed E-state index contributed by atoms with van der Waals surface area (Å²) in [6.07, 6.45) is 6.32. The maximum absolute atomic E-state index is 12.8. The SMILES string of the molecule is COc1ccc(OCc2sc([C@@]3(O)CCCN(C(=O)C4CCCC4)CC3)nc2C)cc1. The molecule has 1 aliphatic heterocycles. The monoisotopic (exact) mass is 444 g/mol. The lowest BCUT2D eigenvalue weighted by molar-refractivity contribution is -0.135. The number of hydrogen-bond acceptors (Lipinski definition) is 6. The molecule has 2 aromatic rings. The van der Waals surface area contributed by atoms with E-state index < -0.39 is 5.60 Å². The molecule has 1 atom stereocenters. The maximum atomic E-state index is 12.8. The zero-order valence-electron chi connectivity index (χ0n) is 18.4. The summed E-state index contributed by atoms with van der Waals surface area (Å²) in [6, 6.07) is 7.50. The molecule has 6 nitrogen and oxygen atoms in total. The third-order valence-electron chi connectivity index (χ3n) is 6.55. The Morgan fingerprint density at radius 2 is 1.87 bits per heavy atom. The molecule has 1 aliphatic carbocycles. The molecule has 1 N–H and O–H groups in total. The number of rotatable bonds is 6. The minimum atomic E-state index is -0.974. The van der Waals surface area contributed by atoms with Crippen LogP contribution < -0.4 is 9.47 Å². The van der Waals surface area contributed by atoms with Crippen molar-refractivity contribution in [3.8, 4) is 11.5 Å². The summed E-state index contributed by atoms with van der Waals surface area (Å²) >= 11 is 1.52. The van der Waals surface area contributed by atoms with E-state index in [9.17, 15) is 9.90 Å². The minimum Gasteiger partial charge on any atom is -0.497 e. The van der Waals surface area contributed by atoms with Gasteiger partial charge < -0.3 is 19.5 Å². The quantitative estimate of drug-likeness (QED) is 0.714. The molecule has 2 fully saturated rings. The number of methoxy groups -OCH3 is 1. The number of aromatic nitrogens is 1. The Morgan fingerprint density at radius 1 is 1.16 bits per heavy atom. The zero-order valence-corrected chi connectivity index (χ0v) is 19.2. The summed E-state index contributed by atoms with van der Waals surface area (Å²) < 4.78 is 11.1. The molecule has 2 heterocycles. The number of nitrogens with zero attached hydrogens (tertiary/aromatic N) is 2. The Morgan fingerprint density at radius 3 is 2.58 bits per heavy atom. The van der Waals surface area contributed by atoms with Gasteiger partial charge in [0.05, 0.1) is 17.7 Å². The van der Waals surface area contributed by atoms with E-state index in [0.29, 0.717) is 26.0 Å². The van der Waals surface area contributed by atoms with E-state index in [2.05, 4.69) is 0 Å². The van der Waals surface area contributed by atoms with Gasteiger partial charge in [0.15, 0.2) is 0 Å². The number of aliphatic hydroxyl groups is 1. The molecule has 1 aromatic carbocycles. The predicted octanol–water partition coefficient (Wildman–Crippen LogP) is 4.43. The van der Waals surface area contributed by atoms with Gasteiger partial charge in [-0.1, -0.05) is 12.8 Å². The lowest BCUT2D eigenvalue weighted by Crippen LogP contribution is -2.37. The average Bonchev–Trinajstić information content (AvgIpc) is 3.40. The highest BCUT2D eigenvalue weighted by Gasteiger charge is 2.37.